The molecule has 3 aromatic carbocycles. The largest absolute Gasteiger partial charge is 0.625 e. The number of aliphatic imine (C=N–C) groups is 1. The number of hydrogen-bond acceptors (Lipinski definition) is 4. The Bertz CT molecular complexity index is 1170. The van der Waals surface area contributed by atoms with Gasteiger partial charge in [0.1, 0.15) is 6.04 Å². The van der Waals surface area contributed by atoms with Gasteiger partial charge in [0.2, 0.25) is 0 Å². The number of carboxylic acids is 1. The summed E-state index contributed by atoms with van der Waals surface area (Å²) in [5.74, 6) is -1.19. The predicted octanol–water partition coefficient (Wildman–Crippen LogP) is 5.19. The van der Waals surface area contributed by atoms with Crippen molar-refractivity contribution >= 4 is 23.3 Å². The molecule has 4 rings (SSSR count). The fourth-order valence-electron chi connectivity index (χ4n) is 4.22. The fraction of sp³-hybridized carbons (Fsp3) is 0.250. The summed E-state index contributed by atoms with van der Waals surface area (Å²) in [6.07, 6.45) is 1.72. The summed E-state index contributed by atoms with van der Waals surface area (Å²) in [5, 5.41) is 14.0. The minimum atomic E-state index is -1.01. The number of carbonyl (C=O) groups excluding carboxylic acids is 1. The fourth-order valence-corrected chi connectivity index (χ4v) is 4.22. The Labute approximate surface area is 216 Å². The maximum atomic E-state index is 13.3. The Balaban J connectivity index is 0.00000342. The number of carbonyl (C=O) groups is 2. The van der Waals surface area contributed by atoms with Gasteiger partial charge in [0, 0.05) is 28.6 Å². The summed E-state index contributed by atoms with van der Waals surface area (Å²) in [6, 6.07) is 25.6. The van der Waals surface area contributed by atoms with Crippen molar-refractivity contribution in [3.63, 3.8) is 0 Å². The van der Waals surface area contributed by atoms with E-state index in [1.807, 2.05) is 66.7 Å². The number of rotatable bonds is 8. The van der Waals surface area contributed by atoms with Crippen LogP contribution in [0.2, 0.25) is 0 Å². The van der Waals surface area contributed by atoms with E-state index in [2.05, 4.69) is 27.3 Å². The van der Waals surface area contributed by atoms with Gasteiger partial charge in [0.15, 0.2) is 0 Å². The number of likely N-dealkylation sites (tertiary alicyclic amines) is 1. The molecule has 35 heavy (non-hydrogen) atoms. The molecule has 0 radical (unpaired) electrons. The normalized spacial score (nSPS) is 16.8. The maximum Gasteiger partial charge on any atom is 0.328 e. The van der Waals surface area contributed by atoms with Crippen LogP contribution in [-0.2, 0) is 32.6 Å². The molecule has 0 aromatic heterocycles. The number of benzene rings is 3. The van der Waals surface area contributed by atoms with Crippen LogP contribution in [-0.4, -0.2) is 46.2 Å². The first kappa shape index (κ1) is 26.3. The van der Waals surface area contributed by atoms with E-state index in [9.17, 15) is 14.7 Å². The van der Waals surface area contributed by atoms with Crippen molar-refractivity contribution in [3.05, 3.63) is 107 Å². The SMILES string of the molecule is CC(N=C(c1ccccc1)c1ccccc1[N-]C(=O)C1CCCN1Cc1ccccc1)C(=O)O.[Ni]. The Morgan fingerprint density at radius 1 is 1.00 bits per heavy atom. The second-order valence-corrected chi connectivity index (χ2v) is 8.44. The monoisotopic (exact) mass is 512 g/mol. The van der Waals surface area contributed by atoms with E-state index < -0.39 is 12.0 Å². The van der Waals surface area contributed by atoms with Gasteiger partial charge in [-0.15, -0.1) is 5.69 Å². The first-order valence-corrected chi connectivity index (χ1v) is 11.5. The quantitative estimate of drug-likeness (QED) is 0.332. The summed E-state index contributed by atoms with van der Waals surface area (Å²) < 4.78 is 0. The molecule has 184 valence electrons. The topological polar surface area (TPSA) is 84.1 Å². The number of hydrogen-bond donors (Lipinski definition) is 1. The molecule has 6 nitrogen and oxygen atoms in total. The molecule has 1 fully saturated rings. The maximum absolute atomic E-state index is 13.3. The van der Waals surface area contributed by atoms with Crippen molar-refractivity contribution in [2.45, 2.75) is 38.4 Å². The molecule has 1 aliphatic rings. The summed E-state index contributed by atoms with van der Waals surface area (Å²) in [7, 11) is 0. The first-order valence-electron chi connectivity index (χ1n) is 11.5. The molecular weight excluding hydrogens is 485 g/mol. The van der Waals surface area contributed by atoms with Crippen molar-refractivity contribution in [2.75, 3.05) is 6.54 Å². The van der Waals surface area contributed by atoms with E-state index in [4.69, 9.17) is 0 Å². The number of nitrogens with zero attached hydrogens (tertiary/aromatic N) is 3. The van der Waals surface area contributed by atoms with Gasteiger partial charge < -0.3 is 15.2 Å². The van der Waals surface area contributed by atoms with Gasteiger partial charge in [-0.05, 0) is 37.4 Å². The number of para-hydroxylation sites is 1. The molecule has 1 aliphatic heterocycles. The van der Waals surface area contributed by atoms with Gasteiger partial charge >= 0.3 is 5.97 Å². The minimum absolute atomic E-state index is 0. The van der Waals surface area contributed by atoms with E-state index in [-0.39, 0.29) is 28.4 Å². The zero-order chi connectivity index (χ0) is 23.9. The molecule has 2 unspecified atom stereocenters. The van der Waals surface area contributed by atoms with Crippen LogP contribution in [0, 0.1) is 0 Å². The molecule has 3 aromatic rings. The molecule has 1 saturated heterocycles. The van der Waals surface area contributed by atoms with Crippen LogP contribution in [0.4, 0.5) is 5.69 Å². The third kappa shape index (κ3) is 6.65. The van der Waals surface area contributed by atoms with Crippen LogP contribution in [0.25, 0.3) is 5.32 Å². The Morgan fingerprint density at radius 2 is 1.63 bits per heavy atom. The van der Waals surface area contributed by atoms with Gasteiger partial charge in [-0.1, -0.05) is 84.9 Å². The first-order chi connectivity index (χ1) is 16.5. The van der Waals surface area contributed by atoms with Gasteiger partial charge in [0.05, 0.1) is 17.7 Å². The summed E-state index contributed by atoms with van der Waals surface area (Å²) in [4.78, 5) is 31.5. The molecule has 0 saturated carbocycles. The second-order valence-electron chi connectivity index (χ2n) is 8.44. The van der Waals surface area contributed by atoms with Crippen LogP contribution < -0.4 is 0 Å². The average molecular weight is 513 g/mol. The molecule has 7 heteroatoms. The minimum Gasteiger partial charge on any atom is -0.625 e. The van der Waals surface area contributed by atoms with E-state index in [1.54, 1.807) is 6.07 Å². The molecule has 1 heterocycles. The van der Waals surface area contributed by atoms with Crippen LogP contribution in [0.15, 0.2) is 89.9 Å². The molecule has 0 aliphatic carbocycles. The second kappa shape index (κ2) is 12.4. The van der Waals surface area contributed by atoms with E-state index >= 15 is 0 Å². The van der Waals surface area contributed by atoms with Gasteiger partial charge in [-0.25, -0.2) is 4.79 Å². The van der Waals surface area contributed by atoms with E-state index in [0.717, 1.165) is 24.9 Å². The van der Waals surface area contributed by atoms with Crippen LogP contribution in [0.1, 0.15) is 36.5 Å². The van der Waals surface area contributed by atoms with Crippen molar-refractivity contribution in [3.8, 4) is 0 Å². The number of aliphatic carboxylic acids is 1. The molecule has 1 amide bonds. The molecular formula is C28H28N3NiO3-. The Kier molecular flexibility index (Phi) is 9.35. The average Bonchev–Trinajstić information content (AvgIpc) is 3.32. The Morgan fingerprint density at radius 3 is 2.31 bits per heavy atom. The molecule has 2 atom stereocenters. The number of amides is 1. The zero-order valence-electron chi connectivity index (χ0n) is 19.5. The van der Waals surface area contributed by atoms with Crippen molar-refractivity contribution in [1.29, 1.82) is 0 Å². The van der Waals surface area contributed by atoms with Crippen LogP contribution in [0.5, 0.6) is 0 Å². The van der Waals surface area contributed by atoms with Crippen molar-refractivity contribution in [1.82, 2.24) is 4.90 Å². The smallest absolute Gasteiger partial charge is 0.328 e. The summed E-state index contributed by atoms with van der Waals surface area (Å²) in [5.41, 5.74) is 3.60. The Hall–Kier alpha value is -3.28. The molecule has 0 bridgehead atoms. The third-order valence-corrected chi connectivity index (χ3v) is 5.99. The summed E-state index contributed by atoms with van der Waals surface area (Å²) >= 11 is 0. The van der Waals surface area contributed by atoms with E-state index in [1.165, 1.54) is 12.5 Å². The van der Waals surface area contributed by atoms with E-state index in [0.29, 0.717) is 23.5 Å². The standard InChI is InChI=1S/C28H29N3O3.Ni/c1-20(28(33)34)29-26(22-13-6-3-7-14-22)23-15-8-9-16-24(23)30-27(32)25-17-10-18-31(25)19-21-11-4-2-5-12-21;/h2-9,11-16,20,25H,10,17-19H2,1H3,(H2,29,30,32,33,34);/p-1. The van der Waals surface area contributed by atoms with Gasteiger partial charge in [-0.3, -0.25) is 9.89 Å². The van der Waals surface area contributed by atoms with Crippen molar-refractivity contribution < 1.29 is 31.2 Å². The summed E-state index contributed by atoms with van der Waals surface area (Å²) in [6.45, 7) is 3.10. The van der Waals surface area contributed by atoms with Crippen LogP contribution >= 0.6 is 0 Å². The molecule has 0 spiro atoms. The van der Waals surface area contributed by atoms with Gasteiger partial charge in [-0.2, -0.15) is 0 Å². The van der Waals surface area contributed by atoms with Gasteiger partial charge in [0.25, 0.3) is 0 Å². The third-order valence-electron chi connectivity index (χ3n) is 5.99. The molecule has 1 N–H and O–H groups in total. The van der Waals surface area contributed by atoms with Crippen LogP contribution in [0.3, 0.4) is 0 Å². The van der Waals surface area contributed by atoms with Crippen molar-refractivity contribution in [2.24, 2.45) is 4.99 Å². The number of carboxylic acid groups (broad SMARTS) is 1. The predicted molar refractivity (Wildman–Crippen MR) is 134 cm³/mol. The zero-order valence-corrected chi connectivity index (χ0v) is 20.5.